The minimum absolute atomic E-state index is 0.0437. The van der Waals surface area contributed by atoms with Gasteiger partial charge < -0.3 is 25.2 Å². The van der Waals surface area contributed by atoms with Gasteiger partial charge in [-0.25, -0.2) is 9.59 Å². The molecule has 1 saturated heterocycles. The number of carbonyl (C=O) groups excluding carboxylic acids is 1. The molecule has 2 aromatic rings. The molecule has 2 amide bonds. The number of fused-ring (bicyclic) bond motifs is 1. The van der Waals surface area contributed by atoms with Gasteiger partial charge in [0.2, 0.25) is 0 Å². The number of carboxylic acid groups (broad SMARTS) is 1. The maximum Gasteiger partial charge on any atom is 0.490 e. The number of alkyl halides is 3. The van der Waals surface area contributed by atoms with Crippen LogP contribution < -0.4 is 20.1 Å². The number of hydrogen-bond donors (Lipinski definition) is 3. The first kappa shape index (κ1) is 32.3. The van der Waals surface area contributed by atoms with Gasteiger partial charge in [0, 0.05) is 34.3 Å². The largest absolute Gasteiger partial charge is 0.493 e. The van der Waals surface area contributed by atoms with Crippen LogP contribution in [0.25, 0.3) is 0 Å². The van der Waals surface area contributed by atoms with E-state index in [-0.39, 0.29) is 17.5 Å². The molecule has 0 radical (unpaired) electrons. The first-order chi connectivity index (χ1) is 19.2. The minimum atomic E-state index is -5.08. The van der Waals surface area contributed by atoms with Crippen LogP contribution in [-0.2, 0) is 10.2 Å². The molecule has 0 spiro atoms. The topological polar surface area (TPSA) is 100 Å². The molecule has 3 atom stereocenters. The van der Waals surface area contributed by atoms with Crippen molar-refractivity contribution >= 4 is 29.3 Å². The molecular formula is C29H37ClF3N3O5. The third-order valence-electron chi connectivity index (χ3n) is 7.95. The molecule has 1 aliphatic carbocycles. The third-order valence-corrected chi connectivity index (χ3v) is 8.18. The van der Waals surface area contributed by atoms with Crippen LogP contribution in [0.15, 0.2) is 36.4 Å². The summed E-state index contributed by atoms with van der Waals surface area (Å²) < 4.78 is 42.8. The van der Waals surface area contributed by atoms with Crippen molar-refractivity contribution in [2.24, 2.45) is 0 Å². The van der Waals surface area contributed by atoms with Gasteiger partial charge in [0.15, 0.2) is 11.5 Å². The molecule has 0 bridgehead atoms. The highest BCUT2D eigenvalue weighted by atomic mass is 35.5. The van der Waals surface area contributed by atoms with Gasteiger partial charge in [0.25, 0.3) is 0 Å². The quantitative estimate of drug-likeness (QED) is 0.356. The fourth-order valence-electron chi connectivity index (χ4n) is 5.89. The van der Waals surface area contributed by atoms with Crippen molar-refractivity contribution < 1.29 is 37.3 Å². The number of likely N-dealkylation sites (tertiary alicyclic amines) is 1. The van der Waals surface area contributed by atoms with Gasteiger partial charge in [-0.1, -0.05) is 23.7 Å². The molecule has 8 nitrogen and oxygen atoms in total. The van der Waals surface area contributed by atoms with Crippen molar-refractivity contribution in [1.29, 1.82) is 0 Å². The lowest BCUT2D eigenvalue weighted by Crippen LogP contribution is -2.54. The monoisotopic (exact) mass is 599 g/mol. The number of aliphatic carboxylic acids is 1. The second-order valence-corrected chi connectivity index (χ2v) is 11.1. The molecule has 1 saturated carbocycles. The summed E-state index contributed by atoms with van der Waals surface area (Å²) in [5.74, 6) is -1.23. The number of urea groups is 1. The van der Waals surface area contributed by atoms with Crippen LogP contribution in [0.4, 0.5) is 23.7 Å². The van der Waals surface area contributed by atoms with E-state index in [1.54, 1.807) is 20.3 Å². The van der Waals surface area contributed by atoms with Crippen molar-refractivity contribution in [2.45, 2.75) is 76.2 Å². The van der Waals surface area contributed by atoms with Crippen molar-refractivity contribution in [3.8, 4) is 11.5 Å². The third kappa shape index (κ3) is 7.56. The number of carboxylic acids is 1. The molecule has 2 aromatic carbocycles. The van der Waals surface area contributed by atoms with Crippen molar-refractivity contribution in [2.75, 3.05) is 26.1 Å². The van der Waals surface area contributed by atoms with Gasteiger partial charge in [0.1, 0.15) is 0 Å². The Labute approximate surface area is 243 Å². The summed E-state index contributed by atoms with van der Waals surface area (Å²) in [6.07, 6.45) is -1.13. The molecule has 12 heteroatoms. The maximum atomic E-state index is 12.8. The number of carbonyl (C=O) groups is 2. The molecule has 41 heavy (non-hydrogen) atoms. The zero-order chi connectivity index (χ0) is 30.5. The number of benzene rings is 2. The molecule has 2 fully saturated rings. The maximum absolute atomic E-state index is 12.8. The Hall–Kier alpha value is -3.18. The van der Waals surface area contributed by atoms with E-state index in [2.05, 4.69) is 41.5 Å². The molecule has 2 aliphatic rings. The summed E-state index contributed by atoms with van der Waals surface area (Å²) >= 11 is 6.12. The highest BCUT2D eigenvalue weighted by Gasteiger charge is 2.52. The lowest BCUT2D eigenvalue weighted by atomic mass is 9.65. The molecule has 0 unspecified atom stereocenters. The zero-order valence-electron chi connectivity index (χ0n) is 23.8. The van der Waals surface area contributed by atoms with Crippen LogP contribution >= 0.6 is 11.6 Å². The van der Waals surface area contributed by atoms with E-state index in [0.717, 1.165) is 55.0 Å². The van der Waals surface area contributed by atoms with Crippen LogP contribution in [0.5, 0.6) is 11.5 Å². The number of hydrogen-bond acceptors (Lipinski definition) is 5. The first-order valence-corrected chi connectivity index (χ1v) is 13.7. The Kier molecular flexibility index (Phi) is 10.4. The van der Waals surface area contributed by atoms with Gasteiger partial charge in [-0.2, -0.15) is 13.2 Å². The Morgan fingerprint density at radius 3 is 2.34 bits per heavy atom. The number of amides is 2. The van der Waals surface area contributed by atoms with Gasteiger partial charge >= 0.3 is 18.2 Å². The SMILES string of the molecule is COc1ccc([C@@]23CC[C@@H](NC(=O)Nc4cc(Cl)ccc4C)C[C@@H]2N(C(C)C)CC3)cc1OC.O=C(O)C(F)(F)F. The summed E-state index contributed by atoms with van der Waals surface area (Å²) in [6.45, 7) is 7.53. The van der Waals surface area contributed by atoms with Gasteiger partial charge in [-0.15, -0.1) is 0 Å². The Morgan fingerprint density at radius 2 is 1.76 bits per heavy atom. The molecule has 3 N–H and O–H groups in total. The fraction of sp³-hybridized carbons (Fsp3) is 0.517. The Bertz CT molecular complexity index is 1240. The molecule has 0 aromatic heterocycles. The van der Waals surface area contributed by atoms with Crippen molar-refractivity contribution in [3.05, 3.63) is 52.5 Å². The molecule has 1 heterocycles. The van der Waals surface area contributed by atoms with Crippen LogP contribution in [0, 0.1) is 6.92 Å². The minimum Gasteiger partial charge on any atom is -0.493 e. The van der Waals surface area contributed by atoms with Gasteiger partial charge in [0.05, 0.1) is 14.2 Å². The standard InChI is InChI=1S/C27H36ClN3O3.C2HF3O2/c1-17(2)31-13-12-27(19-7-9-23(33-4)24(14-19)34-5)11-10-21(16-25(27)31)29-26(32)30-22-15-20(28)8-6-18(22)3;3-2(4,5)1(6)7/h6-9,14-15,17,21,25H,10-13,16H2,1-5H3,(H2,29,30,32);(H,6,7)/t21-,25+,27+;/m1./s1. The van der Waals surface area contributed by atoms with E-state index in [0.29, 0.717) is 17.1 Å². The van der Waals surface area contributed by atoms with Gasteiger partial charge in [-0.05, 0) is 88.4 Å². The number of rotatable bonds is 6. The van der Waals surface area contributed by atoms with Crippen LogP contribution in [-0.4, -0.2) is 67.1 Å². The summed E-state index contributed by atoms with van der Waals surface area (Å²) in [7, 11) is 3.36. The van der Waals surface area contributed by atoms with Crippen molar-refractivity contribution in [1.82, 2.24) is 10.2 Å². The van der Waals surface area contributed by atoms with E-state index in [1.807, 2.05) is 25.1 Å². The number of nitrogens with one attached hydrogen (secondary N) is 2. The van der Waals surface area contributed by atoms with E-state index in [1.165, 1.54) is 5.56 Å². The second-order valence-electron chi connectivity index (χ2n) is 10.7. The number of ether oxygens (including phenoxy) is 2. The second kappa shape index (κ2) is 13.2. The van der Waals surface area contributed by atoms with E-state index >= 15 is 0 Å². The predicted molar refractivity (Wildman–Crippen MR) is 151 cm³/mol. The average molecular weight is 600 g/mol. The normalized spacial score (nSPS) is 22.3. The average Bonchev–Trinajstić information content (AvgIpc) is 3.30. The Morgan fingerprint density at radius 1 is 1.10 bits per heavy atom. The number of methoxy groups -OCH3 is 2. The summed E-state index contributed by atoms with van der Waals surface area (Å²) in [5.41, 5.74) is 3.07. The fourth-order valence-corrected chi connectivity index (χ4v) is 6.06. The van der Waals surface area contributed by atoms with Crippen LogP contribution in [0.2, 0.25) is 5.02 Å². The highest BCUT2D eigenvalue weighted by molar-refractivity contribution is 6.31. The van der Waals surface area contributed by atoms with Crippen LogP contribution in [0.3, 0.4) is 0 Å². The predicted octanol–water partition coefficient (Wildman–Crippen LogP) is 6.39. The molecule has 1 aliphatic heterocycles. The smallest absolute Gasteiger partial charge is 0.490 e. The summed E-state index contributed by atoms with van der Waals surface area (Å²) in [6, 6.07) is 12.6. The zero-order valence-corrected chi connectivity index (χ0v) is 24.5. The van der Waals surface area contributed by atoms with Crippen molar-refractivity contribution in [3.63, 3.8) is 0 Å². The number of aryl methyl sites for hydroxylation is 1. The van der Waals surface area contributed by atoms with E-state index < -0.39 is 12.1 Å². The molecule has 4 rings (SSSR count). The first-order valence-electron chi connectivity index (χ1n) is 13.3. The molecular weight excluding hydrogens is 563 g/mol. The highest BCUT2D eigenvalue weighted by Crippen LogP contribution is 2.51. The number of nitrogens with zero attached hydrogens (tertiary/aromatic N) is 1. The van der Waals surface area contributed by atoms with E-state index in [9.17, 15) is 18.0 Å². The van der Waals surface area contributed by atoms with Crippen LogP contribution in [0.1, 0.15) is 50.7 Å². The summed E-state index contributed by atoms with van der Waals surface area (Å²) in [5, 5.41) is 13.9. The van der Waals surface area contributed by atoms with E-state index in [4.69, 9.17) is 31.0 Å². The molecule has 226 valence electrons. The summed E-state index contributed by atoms with van der Waals surface area (Å²) in [4.78, 5) is 24.3. The van der Waals surface area contributed by atoms with Gasteiger partial charge in [-0.3, -0.25) is 4.90 Å². The number of halogens is 4. The lowest BCUT2D eigenvalue weighted by Gasteiger charge is -2.46. The number of anilines is 1. The Balaban J connectivity index is 0.000000587. The lowest BCUT2D eigenvalue weighted by molar-refractivity contribution is -0.192.